The van der Waals surface area contributed by atoms with Gasteiger partial charge in [0.15, 0.2) is 0 Å². The molecule has 0 saturated carbocycles. The van der Waals surface area contributed by atoms with Crippen molar-refractivity contribution < 1.29 is 9.53 Å². The van der Waals surface area contributed by atoms with Crippen LogP contribution in [-0.2, 0) is 13.6 Å². The molecule has 0 unspecified atom stereocenters. The lowest BCUT2D eigenvalue weighted by molar-refractivity contribution is 0.0928. The number of rotatable bonds is 6. The molecule has 2 aromatic heterocycles. The number of ether oxygens (including phenoxy) is 1. The van der Waals surface area contributed by atoms with Crippen LogP contribution in [0.25, 0.3) is 0 Å². The molecule has 0 aromatic carbocycles. The van der Waals surface area contributed by atoms with Crippen molar-refractivity contribution in [2.45, 2.75) is 25.9 Å². The predicted octanol–water partition coefficient (Wildman–Crippen LogP) is 1.22. The average molecular weight is 329 g/mol. The quantitative estimate of drug-likeness (QED) is 0.863. The normalized spacial score (nSPS) is 17.8. The third-order valence-electron chi connectivity index (χ3n) is 4.16. The molecule has 1 fully saturated rings. The van der Waals surface area contributed by atoms with Crippen molar-refractivity contribution in [3.63, 3.8) is 0 Å². The highest BCUT2D eigenvalue weighted by Gasteiger charge is 2.25. The monoisotopic (exact) mass is 329 g/mol. The van der Waals surface area contributed by atoms with Crippen molar-refractivity contribution in [2.24, 2.45) is 7.05 Å². The fourth-order valence-electron chi connectivity index (χ4n) is 2.95. The minimum absolute atomic E-state index is 0.0652. The first-order chi connectivity index (χ1) is 11.7. The third kappa shape index (κ3) is 3.91. The lowest BCUT2D eigenvalue weighted by Gasteiger charge is -2.17. The summed E-state index contributed by atoms with van der Waals surface area (Å²) in [4.78, 5) is 18.9. The Morgan fingerprint density at radius 1 is 1.42 bits per heavy atom. The smallest absolute Gasteiger partial charge is 0.269 e. The SMILES string of the molecule is CCOc1ccc(CN2CC[C@H](NC(=O)c3ccnn3C)C2)cn1. The molecule has 1 aliphatic heterocycles. The van der Waals surface area contributed by atoms with E-state index in [2.05, 4.69) is 20.3 Å². The highest BCUT2D eigenvalue weighted by Crippen LogP contribution is 2.15. The van der Waals surface area contributed by atoms with Crippen LogP contribution in [0.4, 0.5) is 0 Å². The maximum Gasteiger partial charge on any atom is 0.269 e. The van der Waals surface area contributed by atoms with Crippen LogP contribution < -0.4 is 10.1 Å². The summed E-state index contributed by atoms with van der Waals surface area (Å²) in [7, 11) is 1.77. The first-order valence-electron chi connectivity index (χ1n) is 8.24. The van der Waals surface area contributed by atoms with E-state index in [0.29, 0.717) is 18.2 Å². The van der Waals surface area contributed by atoms with E-state index in [-0.39, 0.29) is 11.9 Å². The maximum absolute atomic E-state index is 12.2. The number of aryl methyl sites for hydroxylation is 1. The number of hydrogen-bond donors (Lipinski definition) is 1. The summed E-state index contributed by atoms with van der Waals surface area (Å²) in [6, 6.07) is 5.84. The maximum atomic E-state index is 12.2. The first-order valence-corrected chi connectivity index (χ1v) is 8.24. The third-order valence-corrected chi connectivity index (χ3v) is 4.16. The molecule has 1 N–H and O–H groups in total. The largest absolute Gasteiger partial charge is 0.478 e. The van der Waals surface area contributed by atoms with Gasteiger partial charge in [-0.25, -0.2) is 4.98 Å². The van der Waals surface area contributed by atoms with Crippen molar-refractivity contribution in [1.29, 1.82) is 0 Å². The summed E-state index contributed by atoms with van der Waals surface area (Å²) >= 11 is 0. The number of aromatic nitrogens is 3. The summed E-state index contributed by atoms with van der Waals surface area (Å²) in [6.45, 7) is 5.20. The van der Waals surface area contributed by atoms with Crippen LogP contribution in [0.15, 0.2) is 30.6 Å². The van der Waals surface area contributed by atoms with E-state index in [1.54, 1.807) is 24.0 Å². The van der Waals surface area contributed by atoms with Crippen LogP contribution in [0.3, 0.4) is 0 Å². The second kappa shape index (κ2) is 7.44. The summed E-state index contributed by atoms with van der Waals surface area (Å²) in [6.07, 6.45) is 4.44. The molecule has 1 atom stereocenters. The fourth-order valence-corrected chi connectivity index (χ4v) is 2.95. The molecule has 0 spiro atoms. The van der Waals surface area contributed by atoms with Gasteiger partial charge in [0.1, 0.15) is 5.69 Å². The lowest BCUT2D eigenvalue weighted by Crippen LogP contribution is -2.37. The van der Waals surface area contributed by atoms with Gasteiger partial charge in [0, 0.05) is 51.2 Å². The van der Waals surface area contributed by atoms with E-state index in [1.165, 1.54) is 0 Å². The topological polar surface area (TPSA) is 72.3 Å². The van der Waals surface area contributed by atoms with Crippen LogP contribution in [0.1, 0.15) is 29.4 Å². The number of amides is 1. The Morgan fingerprint density at radius 2 is 2.29 bits per heavy atom. The molecule has 24 heavy (non-hydrogen) atoms. The summed E-state index contributed by atoms with van der Waals surface area (Å²) in [5.41, 5.74) is 1.74. The van der Waals surface area contributed by atoms with Gasteiger partial charge in [0.2, 0.25) is 5.88 Å². The van der Waals surface area contributed by atoms with Crippen molar-refractivity contribution >= 4 is 5.91 Å². The van der Waals surface area contributed by atoms with Crippen LogP contribution in [0.5, 0.6) is 5.88 Å². The van der Waals surface area contributed by atoms with E-state index < -0.39 is 0 Å². The molecule has 128 valence electrons. The summed E-state index contributed by atoms with van der Waals surface area (Å²) in [5, 5.41) is 7.12. The van der Waals surface area contributed by atoms with E-state index in [9.17, 15) is 4.79 Å². The number of carbonyl (C=O) groups is 1. The number of carbonyl (C=O) groups excluding carboxylic acids is 1. The fraction of sp³-hybridized carbons (Fsp3) is 0.471. The van der Waals surface area contributed by atoms with E-state index in [1.807, 2.05) is 25.3 Å². The van der Waals surface area contributed by atoms with Gasteiger partial charge in [0.25, 0.3) is 5.91 Å². The molecule has 0 bridgehead atoms. The molecule has 1 amide bonds. The molecule has 1 aliphatic rings. The van der Waals surface area contributed by atoms with Crippen LogP contribution >= 0.6 is 0 Å². The van der Waals surface area contributed by atoms with E-state index in [0.717, 1.165) is 31.6 Å². The second-order valence-corrected chi connectivity index (χ2v) is 5.97. The van der Waals surface area contributed by atoms with Crippen molar-refractivity contribution in [3.05, 3.63) is 41.9 Å². The van der Waals surface area contributed by atoms with Gasteiger partial charge in [-0.3, -0.25) is 14.4 Å². The van der Waals surface area contributed by atoms with Crippen molar-refractivity contribution in [2.75, 3.05) is 19.7 Å². The number of likely N-dealkylation sites (tertiary alicyclic amines) is 1. The van der Waals surface area contributed by atoms with Crippen LogP contribution in [-0.4, -0.2) is 51.3 Å². The van der Waals surface area contributed by atoms with Gasteiger partial charge in [-0.1, -0.05) is 6.07 Å². The predicted molar refractivity (Wildman–Crippen MR) is 89.8 cm³/mol. The molecule has 0 radical (unpaired) electrons. The molecular weight excluding hydrogens is 306 g/mol. The Kier molecular flexibility index (Phi) is 5.10. The molecular formula is C17H23N5O2. The number of nitrogens with zero attached hydrogens (tertiary/aromatic N) is 4. The Bertz CT molecular complexity index is 683. The highest BCUT2D eigenvalue weighted by atomic mass is 16.5. The zero-order chi connectivity index (χ0) is 16.9. The Balaban J connectivity index is 1.50. The zero-order valence-electron chi connectivity index (χ0n) is 14.1. The van der Waals surface area contributed by atoms with Gasteiger partial charge in [0.05, 0.1) is 6.61 Å². The average Bonchev–Trinajstić information content (AvgIpc) is 3.18. The Morgan fingerprint density at radius 3 is 2.96 bits per heavy atom. The van der Waals surface area contributed by atoms with Gasteiger partial charge < -0.3 is 10.1 Å². The molecule has 3 heterocycles. The van der Waals surface area contributed by atoms with Crippen LogP contribution in [0, 0.1) is 0 Å². The molecule has 0 aliphatic carbocycles. The highest BCUT2D eigenvalue weighted by molar-refractivity contribution is 5.92. The second-order valence-electron chi connectivity index (χ2n) is 5.97. The number of nitrogens with one attached hydrogen (secondary N) is 1. The van der Waals surface area contributed by atoms with Crippen molar-refractivity contribution in [3.8, 4) is 5.88 Å². The van der Waals surface area contributed by atoms with E-state index >= 15 is 0 Å². The lowest BCUT2D eigenvalue weighted by atomic mass is 10.2. The number of pyridine rings is 1. The molecule has 7 nitrogen and oxygen atoms in total. The summed E-state index contributed by atoms with van der Waals surface area (Å²) in [5.74, 6) is 0.591. The molecule has 1 saturated heterocycles. The zero-order valence-corrected chi connectivity index (χ0v) is 14.1. The van der Waals surface area contributed by atoms with Crippen LogP contribution in [0.2, 0.25) is 0 Å². The first kappa shape index (κ1) is 16.4. The van der Waals surface area contributed by atoms with Gasteiger partial charge >= 0.3 is 0 Å². The van der Waals surface area contributed by atoms with Gasteiger partial charge in [-0.2, -0.15) is 5.10 Å². The minimum atomic E-state index is -0.0652. The van der Waals surface area contributed by atoms with E-state index in [4.69, 9.17) is 4.74 Å². The van der Waals surface area contributed by atoms with Gasteiger partial charge in [-0.05, 0) is 25.0 Å². The Labute approximate surface area is 141 Å². The molecule has 7 heteroatoms. The van der Waals surface area contributed by atoms with Crippen molar-refractivity contribution in [1.82, 2.24) is 25.0 Å². The molecule has 3 rings (SSSR count). The molecule has 2 aromatic rings. The minimum Gasteiger partial charge on any atom is -0.478 e. The number of hydrogen-bond acceptors (Lipinski definition) is 5. The Hall–Kier alpha value is -2.41. The standard InChI is InChI=1S/C17H23N5O2/c1-3-24-16-5-4-13(10-18-16)11-22-9-7-14(12-22)20-17(23)15-6-8-19-21(15)2/h4-6,8,10,14H,3,7,9,11-12H2,1-2H3,(H,20,23)/t14-/m0/s1. The van der Waals surface area contributed by atoms with Gasteiger partial charge in [-0.15, -0.1) is 0 Å². The summed E-state index contributed by atoms with van der Waals surface area (Å²) < 4.78 is 6.95.